The van der Waals surface area contributed by atoms with Gasteiger partial charge in [0.25, 0.3) is 11.8 Å². The molecular weight excluding hydrogens is 506 g/mol. The minimum atomic E-state index is -0.425. The maximum atomic E-state index is 13.1. The summed E-state index contributed by atoms with van der Waals surface area (Å²) in [6, 6.07) is 13.4. The molecule has 0 bridgehead atoms. The molecule has 8 nitrogen and oxygen atoms in total. The Morgan fingerprint density at radius 1 is 0.806 bits per heavy atom. The van der Waals surface area contributed by atoms with Crippen LogP contribution < -0.4 is 10.6 Å². The van der Waals surface area contributed by atoms with Gasteiger partial charge in [-0.05, 0) is 53.0 Å². The van der Waals surface area contributed by atoms with Crippen molar-refractivity contribution in [2.75, 3.05) is 0 Å². The van der Waals surface area contributed by atoms with Crippen molar-refractivity contribution < 1.29 is 18.4 Å². The number of amides is 2. The lowest BCUT2D eigenvalue weighted by molar-refractivity contribution is 0.0938. The summed E-state index contributed by atoms with van der Waals surface area (Å²) in [6.45, 7) is 0.404. The first-order valence-electron chi connectivity index (χ1n) is 10.6. The van der Waals surface area contributed by atoms with Crippen molar-refractivity contribution in [2.24, 2.45) is 0 Å². The van der Waals surface area contributed by atoms with E-state index in [0.29, 0.717) is 19.8 Å². The van der Waals surface area contributed by atoms with Gasteiger partial charge in [0.05, 0.1) is 15.8 Å². The Morgan fingerprint density at radius 2 is 1.39 bits per heavy atom. The number of fused-ring (bicyclic) bond motifs is 1. The van der Waals surface area contributed by atoms with Crippen molar-refractivity contribution in [3.05, 3.63) is 94.9 Å². The molecule has 0 saturated heterocycles. The lowest BCUT2D eigenvalue weighted by Crippen LogP contribution is -2.24. The first-order valence-corrected chi connectivity index (χ1v) is 12.2. The number of benzene rings is 2. The molecule has 5 rings (SSSR count). The average Bonchev–Trinajstić information content (AvgIpc) is 3.55. The number of nitrogens with zero attached hydrogens (tertiary/aromatic N) is 4. The summed E-state index contributed by atoms with van der Waals surface area (Å²) >= 11 is 2.34. The lowest BCUT2D eigenvalue weighted by atomic mass is 10.2. The average molecular weight is 523 g/mol. The normalized spacial score (nSPS) is 10.9. The summed E-state index contributed by atoms with van der Waals surface area (Å²) in [5.74, 6) is -1.55. The molecule has 0 atom stereocenters. The van der Waals surface area contributed by atoms with E-state index in [4.69, 9.17) is 0 Å². The van der Waals surface area contributed by atoms with Gasteiger partial charge in [0.2, 0.25) is 0 Å². The fourth-order valence-electron chi connectivity index (χ4n) is 3.38. The third kappa shape index (κ3) is 5.09. The van der Waals surface area contributed by atoms with Gasteiger partial charge in [0.1, 0.15) is 11.6 Å². The highest BCUT2D eigenvalue weighted by Crippen LogP contribution is 2.37. The summed E-state index contributed by atoms with van der Waals surface area (Å²) in [7, 11) is 0. The molecule has 0 aliphatic rings. The SMILES string of the molecule is O=C(NCc1ccc(F)cc1)c1nnsc1-c1cc2cnnc(C(=O)NCc3ccc(F)cc3)c2s1. The Labute approximate surface area is 211 Å². The minimum Gasteiger partial charge on any atom is -0.347 e. The quantitative estimate of drug-likeness (QED) is 0.329. The summed E-state index contributed by atoms with van der Waals surface area (Å²) in [5, 5.41) is 18.1. The summed E-state index contributed by atoms with van der Waals surface area (Å²) in [4.78, 5) is 26.8. The van der Waals surface area contributed by atoms with Gasteiger partial charge in [-0.25, -0.2) is 8.78 Å². The number of thiophene rings is 1. The Hall–Kier alpha value is -4.16. The van der Waals surface area contributed by atoms with Crippen LogP contribution in [0.1, 0.15) is 32.1 Å². The molecule has 3 aromatic heterocycles. The number of carbonyl (C=O) groups is 2. The topological polar surface area (TPSA) is 110 Å². The zero-order chi connectivity index (χ0) is 25.1. The number of rotatable bonds is 7. The standard InChI is InChI=1S/C24H16F2N6O2S2/c25-16-5-1-13(2-6-16)10-27-23(33)19-21-15(12-29-30-19)9-18(35-21)22-20(31-32-36-22)24(34)28-11-14-3-7-17(26)8-4-14/h1-9,12H,10-11H2,(H,27,33)(H,28,34). The molecule has 3 heterocycles. The van der Waals surface area contributed by atoms with Crippen LogP contribution in [0.2, 0.25) is 0 Å². The molecule has 0 radical (unpaired) electrons. The van der Waals surface area contributed by atoms with Gasteiger partial charge in [-0.15, -0.1) is 21.5 Å². The van der Waals surface area contributed by atoms with Crippen LogP contribution in [0, 0.1) is 11.6 Å². The first-order chi connectivity index (χ1) is 17.5. The van der Waals surface area contributed by atoms with Gasteiger partial charge in [0, 0.05) is 23.4 Å². The highest BCUT2D eigenvalue weighted by molar-refractivity contribution is 7.25. The van der Waals surface area contributed by atoms with Crippen molar-refractivity contribution >= 4 is 44.8 Å². The van der Waals surface area contributed by atoms with Crippen molar-refractivity contribution in [2.45, 2.75) is 13.1 Å². The minimum absolute atomic E-state index is 0.144. The lowest BCUT2D eigenvalue weighted by Gasteiger charge is -2.05. The first kappa shape index (κ1) is 23.6. The highest BCUT2D eigenvalue weighted by Gasteiger charge is 2.22. The second-order valence-electron chi connectivity index (χ2n) is 7.66. The van der Waals surface area contributed by atoms with Crippen molar-refractivity contribution in [1.82, 2.24) is 30.4 Å². The van der Waals surface area contributed by atoms with E-state index in [1.807, 2.05) is 0 Å². The molecule has 12 heteroatoms. The number of nitrogens with one attached hydrogen (secondary N) is 2. The van der Waals surface area contributed by atoms with Crippen LogP contribution in [0.15, 0.2) is 60.8 Å². The molecule has 0 aliphatic heterocycles. The fourth-order valence-corrected chi connectivity index (χ4v) is 5.24. The van der Waals surface area contributed by atoms with Gasteiger partial charge in [0.15, 0.2) is 11.4 Å². The summed E-state index contributed by atoms with van der Waals surface area (Å²) in [5.41, 5.74) is 1.77. The molecule has 2 aromatic carbocycles. The third-order valence-corrected chi connectivity index (χ3v) is 7.27. The number of halogens is 2. The van der Waals surface area contributed by atoms with Crippen LogP contribution in [0.25, 0.3) is 19.8 Å². The van der Waals surface area contributed by atoms with Gasteiger partial charge in [-0.2, -0.15) is 5.10 Å². The number of carbonyl (C=O) groups excluding carboxylic acids is 2. The molecule has 36 heavy (non-hydrogen) atoms. The highest BCUT2D eigenvalue weighted by atomic mass is 32.1. The van der Waals surface area contributed by atoms with E-state index in [2.05, 4.69) is 30.4 Å². The van der Waals surface area contributed by atoms with E-state index in [9.17, 15) is 18.4 Å². The number of hydrogen-bond donors (Lipinski definition) is 2. The van der Waals surface area contributed by atoms with Crippen LogP contribution in [-0.2, 0) is 13.1 Å². The van der Waals surface area contributed by atoms with Crippen LogP contribution in [-0.4, -0.2) is 31.6 Å². The smallest absolute Gasteiger partial charge is 0.273 e. The zero-order valence-electron chi connectivity index (χ0n) is 18.4. The van der Waals surface area contributed by atoms with E-state index in [-0.39, 0.29) is 36.1 Å². The second kappa shape index (κ2) is 10.2. The molecule has 0 fully saturated rings. The van der Waals surface area contributed by atoms with E-state index in [1.54, 1.807) is 30.3 Å². The number of hydrogen-bond acceptors (Lipinski definition) is 8. The van der Waals surface area contributed by atoms with Crippen LogP contribution in [0.5, 0.6) is 0 Å². The molecule has 0 unspecified atom stereocenters. The second-order valence-corrected chi connectivity index (χ2v) is 9.46. The molecule has 2 amide bonds. The molecule has 0 aliphatic carbocycles. The van der Waals surface area contributed by atoms with E-state index in [0.717, 1.165) is 22.7 Å². The van der Waals surface area contributed by atoms with E-state index >= 15 is 0 Å². The maximum absolute atomic E-state index is 13.1. The zero-order valence-corrected chi connectivity index (χ0v) is 20.0. The van der Waals surface area contributed by atoms with Crippen molar-refractivity contribution in [1.29, 1.82) is 0 Å². The Kier molecular flexibility index (Phi) is 6.69. The molecule has 5 aromatic rings. The fraction of sp³-hybridized carbons (Fsp3) is 0.0833. The van der Waals surface area contributed by atoms with Crippen LogP contribution in [0.3, 0.4) is 0 Å². The molecule has 0 saturated carbocycles. The Morgan fingerprint density at radius 3 is 2.00 bits per heavy atom. The molecule has 0 spiro atoms. The van der Waals surface area contributed by atoms with Gasteiger partial charge < -0.3 is 10.6 Å². The predicted octanol–water partition coefficient (Wildman–Crippen LogP) is 4.35. The van der Waals surface area contributed by atoms with E-state index in [1.165, 1.54) is 41.8 Å². The molecule has 180 valence electrons. The Balaban J connectivity index is 1.34. The summed E-state index contributed by atoms with van der Waals surface area (Å²) in [6.07, 6.45) is 1.54. The van der Waals surface area contributed by atoms with Gasteiger partial charge in [-0.3, -0.25) is 9.59 Å². The monoisotopic (exact) mass is 522 g/mol. The van der Waals surface area contributed by atoms with Gasteiger partial charge >= 0.3 is 0 Å². The van der Waals surface area contributed by atoms with E-state index < -0.39 is 11.8 Å². The van der Waals surface area contributed by atoms with Crippen molar-refractivity contribution in [3.63, 3.8) is 0 Å². The summed E-state index contributed by atoms with van der Waals surface area (Å²) < 4.78 is 30.7. The largest absolute Gasteiger partial charge is 0.347 e. The Bertz CT molecular complexity index is 1550. The molecule has 2 N–H and O–H groups in total. The predicted molar refractivity (Wildman–Crippen MR) is 131 cm³/mol. The van der Waals surface area contributed by atoms with Crippen molar-refractivity contribution in [3.8, 4) is 9.75 Å². The number of aromatic nitrogens is 4. The maximum Gasteiger partial charge on any atom is 0.273 e. The van der Waals surface area contributed by atoms with Crippen LogP contribution in [0.4, 0.5) is 8.78 Å². The van der Waals surface area contributed by atoms with Crippen LogP contribution >= 0.6 is 22.9 Å². The molecular formula is C24H16F2N6O2S2. The third-order valence-electron chi connectivity index (χ3n) is 5.21. The van der Waals surface area contributed by atoms with Gasteiger partial charge in [-0.1, -0.05) is 28.8 Å².